The van der Waals surface area contributed by atoms with E-state index in [4.69, 9.17) is 0 Å². The lowest BCUT2D eigenvalue weighted by Gasteiger charge is -2.23. The zero-order valence-electron chi connectivity index (χ0n) is 16.1. The molecule has 28 heavy (non-hydrogen) atoms. The number of nitrogens with zero attached hydrogens (tertiary/aromatic N) is 4. The van der Waals surface area contributed by atoms with E-state index in [1.807, 2.05) is 57.1 Å². The van der Waals surface area contributed by atoms with E-state index < -0.39 is 0 Å². The van der Waals surface area contributed by atoms with Crippen molar-refractivity contribution >= 4 is 11.8 Å². The van der Waals surface area contributed by atoms with Crippen molar-refractivity contribution in [1.29, 1.82) is 0 Å². The molecule has 2 amide bonds. The maximum atomic E-state index is 12.9. The molecule has 1 unspecified atom stereocenters. The van der Waals surface area contributed by atoms with E-state index in [9.17, 15) is 9.59 Å². The van der Waals surface area contributed by atoms with Crippen LogP contribution in [0.5, 0.6) is 0 Å². The summed E-state index contributed by atoms with van der Waals surface area (Å²) >= 11 is 0. The van der Waals surface area contributed by atoms with Crippen molar-refractivity contribution in [3.05, 3.63) is 53.9 Å². The molecule has 2 aliphatic rings. The Balaban J connectivity index is 1.38. The van der Waals surface area contributed by atoms with Crippen molar-refractivity contribution in [3.8, 4) is 0 Å². The summed E-state index contributed by atoms with van der Waals surface area (Å²) in [5.74, 6) is -0.0134. The Kier molecular flexibility index (Phi) is 5.71. The molecule has 0 radical (unpaired) electrons. The SMILES string of the molecule is O=C(c1ccccc1)N1CCCN(C(=O)c2ccn(C3CCCNC3)n2)CC1. The molecule has 0 spiro atoms. The Morgan fingerprint density at radius 1 is 0.929 bits per heavy atom. The molecule has 2 fully saturated rings. The molecule has 148 valence electrons. The van der Waals surface area contributed by atoms with Gasteiger partial charge in [-0.2, -0.15) is 5.10 Å². The molecular weight excluding hydrogens is 354 g/mol. The van der Waals surface area contributed by atoms with Crippen molar-refractivity contribution in [2.45, 2.75) is 25.3 Å². The second-order valence-corrected chi connectivity index (χ2v) is 7.49. The van der Waals surface area contributed by atoms with E-state index >= 15 is 0 Å². The topological polar surface area (TPSA) is 70.5 Å². The van der Waals surface area contributed by atoms with Crippen LogP contribution in [-0.2, 0) is 0 Å². The summed E-state index contributed by atoms with van der Waals surface area (Å²) in [6.07, 6.45) is 4.90. The monoisotopic (exact) mass is 381 g/mol. The summed E-state index contributed by atoms with van der Waals surface area (Å²) in [5.41, 5.74) is 1.19. The number of nitrogens with one attached hydrogen (secondary N) is 1. The highest BCUT2D eigenvalue weighted by molar-refractivity contribution is 5.94. The number of benzene rings is 1. The Morgan fingerprint density at radius 3 is 2.39 bits per heavy atom. The third-order valence-electron chi connectivity index (χ3n) is 5.56. The number of amides is 2. The molecule has 1 aromatic carbocycles. The van der Waals surface area contributed by atoms with E-state index in [0.717, 1.165) is 32.4 Å². The molecule has 7 heteroatoms. The van der Waals surface area contributed by atoms with Crippen LogP contribution in [0.15, 0.2) is 42.6 Å². The summed E-state index contributed by atoms with van der Waals surface area (Å²) in [6.45, 7) is 4.35. The summed E-state index contributed by atoms with van der Waals surface area (Å²) < 4.78 is 1.92. The van der Waals surface area contributed by atoms with Gasteiger partial charge in [-0.25, -0.2) is 0 Å². The molecule has 0 saturated carbocycles. The zero-order chi connectivity index (χ0) is 19.3. The van der Waals surface area contributed by atoms with Crippen LogP contribution in [0.2, 0.25) is 0 Å². The molecule has 3 heterocycles. The third kappa shape index (κ3) is 4.09. The van der Waals surface area contributed by atoms with Crippen LogP contribution in [0.25, 0.3) is 0 Å². The molecule has 2 aromatic rings. The highest BCUT2D eigenvalue weighted by atomic mass is 16.2. The Morgan fingerprint density at radius 2 is 1.68 bits per heavy atom. The van der Waals surface area contributed by atoms with E-state index in [0.29, 0.717) is 43.5 Å². The molecule has 1 N–H and O–H groups in total. The van der Waals surface area contributed by atoms with Gasteiger partial charge in [-0.1, -0.05) is 18.2 Å². The first kappa shape index (κ1) is 18.7. The van der Waals surface area contributed by atoms with E-state index in [-0.39, 0.29) is 11.8 Å². The zero-order valence-corrected chi connectivity index (χ0v) is 16.1. The fraction of sp³-hybridized carbons (Fsp3) is 0.476. The molecular formula is C21H27N5O2. The maximum absolute atomic E-state index is 12.9. The van der Waals surface area contributed by atoms with E-state index in [1.54, 1.807) is 0 Å². The second kappa shape index (κ2) is 8.56. The summed E-state index contributed by atoms with van der Waals surface area (Å²) in [7, 11) is 0. The van der Waals surface area contributed by atoms with Crippen LogP contribution >= 0.6 is 0 Å². The minimum Gasteiger partial charge on any atom is -0.337 e. The molecule has 1 aromatic heterocycles. The number of carbonyl (C=O) groups is 2. The summed E-state index contributed by atoms with van der Waals surface area (Å²) in [4.78, 5) is 29.3. The first-order chi connectivity index (χ1) is 13.7. The third-order valence-corrected chi connectivity index (χ3v) is 5.56. The average molecular weight is 381 g/mol. The maximum Gasteiger partial charge on any atom is 0.274 e. The largest absolute Gasteiger partial charge is 0.337 e. The number of piperidine rings is 1. The fourth-order valence-electron chi connectivity index (χ4n) is 3.96. The van der Waals surface area contributed by atoms with Crippen LogP contribution in [0.3, 0.4) is 0 Å². The van der Waals surface area contributed by atoms with Crippen molar-refractivity contribution in [2.24, 2.45) is 0 Å². The molecule has 0 bridgehead atoms. The van der Waals surface area contributed by atoms with Crippen LogP contribution in [0, 0.1) is 0 Å². The van der Waals surface area contributed by atoms with Gasteiger partial charge in [0.15, 0.2) is 0 Å². The minimum absolute atomic E-state index is 0.0315. The minimum atomic E-state index is -0.0449. The van der Waals surface area contributed by atoms with Gasteiger partial charge in [0.05, 0.1) is 6.04 Å². The lowest BCUT2D eigenvalue weighted by molar-refractivity contribution is 0.0715. The van der Waals surface area contributed by atoms with Crippen molar-refractivity contribution in [3.63, 3.8) is 0 Å². The molecule has 7 nitrogen and oxygen atoms in total. The fourth-order valence-corrected chi connectivity index (χ4v) is 3.96. The molecule has 2 aliphatic heterocycles. The molecule has 4 rings (SSSR count). The first-order valence-electron chi connectivity index (χ1n) is 10.1. The Bertz CT molecular complexity index is 813. The summed E-state index contributed by atoms with van der Waals surface area (Å²) in [6, 6.07) is 11.5. The van der Waals surface area contributed by atoms with Gasteiger partial charge in [0.2, 0.25) is 0 Å². The van der Waals surface area contributed by atoms with Crippen LogP contribution < -0.4 is 5.32 Å². The number of rotatable bonds is 3. The van der Waals surface area contributed by atoms with Crippen molar-refractivity contribution in [1.82, 2.24) is 24.9 Å². The highest BCUT2D eigenvalue weighted by Gasteiger charge is 2.25. The Labute approximate surface area is 165 Å². The number of hydrogen-bond donors (Lipinski definition) is 1. The van der Waals surface area contributed by atoms with Gasteiger partial charge in [-0.05, 0) is 44.0 Å². The predicted octanol–water partition coefficient (Wildman–Crippen LogP) is 1.80. The van der Waals surface area contributed by atoms with Crippen molar-refractivity contribution in [2.75, 3.05) is 39.3 Å². The highest BCUT2D eigenvalue weighted by Crippen LogP contribution is 2.17. The predicted molar refractivity (Wildman–Crippen MR) is 106 cm³/mol. The van der Waals surface area contributed by atoms with Crippen LogP contribution in [0.1, 0.15) is 46.2 Å². The van der Waals surface area contributed by atoms with Gasteiger partial charge < -0.3 is 15.1 Å². The van der Waals surface area contributed by atoms with Crippen molar-refractivity contribution < 1.29 is 9.59 Å². The molecule has 0 aliphatic carbocycles. The van der Waals surface area contributed by atoms with E-state index in [1.165, 1.54) is 0 Å². The number of hydrogen-bond acceptors (Lipinski definition) is 4. The quantitative estimate of drug-likeness (QED) is 0.880. The average Bonchev–Trinajstić information content (AvgIpc) is 3.12. The molecule has 1 atom stereocenters. The lowest BCUT2D eigenvalue weighted by atomic mass is 10.1. The Hall–Kier alpha value is -2.67. The number of aromatic nitrogens is 2. The van der Waals surface area contributed by atoms with Crippen LogP contribution in [0.4, 0.5) is 0 Å². The van der Waals surface area contributed by atoms with Gasteiger partial charge in [0.1, 0.15) is 5.69 Å². The summed E-state index contributed by atoms with van der Waals surface area (Å²) in [5, 5.41) is 7.93. The van der Waals surface area contributed by atoms with Crippen LogP contribution in [-0.4, -0.2) is 70.7 Å². The van der Waals surface area contributed by atoms with Gasteiger partial charge in [-0.15, -0.1) is 0 Å². The lowest BCUT2D eigenvalue weighted by Crippen LogP contribution is -2.37. The standard InChI is InChI=1S/C21H27N5O2/c27-20(17-6-2-1-3-7-17)24-11-5-12-25(15-14-24)21(28)19-9-13-26(23-19)18-8-4-10-22-16-18/h1-3,6-7,9,13,18,22H,4-5,8,10-12,14-16H2. The van der Waals surface area contributed by atoms with Gasteiger partial charge >= 0.3 is 0 Å². The van der Waals surface area contributed by atoms with Gasteiger partial charge in [0, 0.05) is 44.5 Å². The smallest absolute Gasteiger partial charge is 0.274 e. The van der Waals surface area contributed by atoms with Gasteiger partial charge in [-0.3, -0.25) is 14.3 Å². The van der Waals surface area contributed by atoms with Gasteiger partial charge in [0.25, 0.3) is 11.8 Å². The first-order valence-corrected chi connectivity index (χ1v) is 10.1. The second-order valence-electron chi connectivity index (χ2n) is 7.49. The van der Waals surface area contributed by atoms with E-state index in [2.05, 4.69) is 10.4 Å². The molecule has 2 saturated heterocycles. The number of carbonyl (C=O) groups excluding carboxylic acids is 2. The normalized spacial score (nSPS) is 20.6.